The van der Waals surface area contributed by atoms with E-state index in [0.717, 1.165) is 0 Å². The monoisotopic (exact) mass is 177 g/mol. The van der Waals surface area contributed by atoms with Crippen molar-refractivity contribution in [2.75, 3.05) is 0 Å². The van der Waals surface area contributed by atoms with Gasteiger partial charge in [-0.3, -0.25) is 0 Å². The van der Waals surface area contributed by atoms with Crippen LogP contribution in [0.3, 0.4) is 0 Å². The first kappa shape index (κ1) is 7.71. The van der Waals surface area contributed by atoms with Gasteiger partial charge in [0.2, 0.25) is 10.0 Å². The molecule has 0 radical (unpaired) electrons. The Morgan fingerprint density at radius 2 is 2.10 bits per heavy atom. The van der Waals surface area contributed by atoms with Crippen LogP contribution in [-0.2, 0) is 10.0 Å². The molecule has 1 aromatic heterocycles. The van der Waals surface area contributed by atoms with E-state index >= 15 is 0 Å². The molecule has 1 aromatic rings. The molecule has 0 saturated carbocycles. The van der Waals surface area contributed by atoms with Crippen LogP contribution in [0.25, 0.3) is 0 Å². The Bertz CT molecular complexity index is 325. The molecule has 0 bridgehead atoms. The Balaban J connectivity index is 3.32. The lowest BCUT2D eigenvalue weighted by Crippen LogP contribution is -2.11. The van der Waals surface area contributed by atoms with E-state index in [1.54, 1.807) is 12.3 Å². The van der Waals surface area contributed by atoms with Gasteiger partial charge in [0.05, 0.1) is 4.90 Å². The largest absolute Gasteiger partial charge is 0.239 e. The Morgan fingerprint density at radius 1 is 1.50 bits per heavy atom. The highest BCUT2D eigenvalue weighted by Gasteiger charge is 2.10. The van der Waals surface area contributed by atoms with Gasteiger partial charge in [-0.1, -0.05) is 0 Å². The molecule has 0 atom stereocenters. The molecule has 0 amide bonds. The molecule has 1 rings (SSSR count). The summed E-state index contributed by atoms with van der Waals surface area (Å²) in [5, 5.41) is 8.16. The molecular formula is C5H7NO2S2. The molecule has 0 aliphatic heterocycles. The molecule has 10 heavy (non-hydrogen) atoms. The Kier molecular flexibility index (Phi) is 1.80. The maximum absolute atomic E-state index is 10.7. The van der Waals surface area contributed by atoms with Gasteiger partial charge in [-0.05, 0) is 17.9 Å². The number of nitrogens with two attached hydrogens (primary N) is 1. The number of aryl methyl sites for hydroxylation is 1. The molecule has 0 unspecified atom stereocenters. The fourth-order valence-corrected chi connectivity index (χ4v) is 2.63. The molecule has 1 heterocycles. The second-order valence-electron chi connectivity index (χ2n) is 1.96. The molecule has 3 nitrogen and oxygen atoms in total. The molecule has 56 valence electrons. The standard InChI is InChI=1S/C5H7NO2S2/c1-4-2-9-3-5(4)10(6,7)8/h2-3H,1H3,(H2,6,7,8). The first-order valence-electron chi connectivity index (χ1n) is 2.57. The summed E-state index contributed by atoms with van der Waals surface area (Å²) in [6.07, 6.45) is 0. The summed E-state index contributed by atoms with van der Waals surface area (Å²) in [6, 6.07) is 0. The molecular weight excluding hydrogens is 170 g/mol. The lowest BCUT2D eigenvalue weighted by molar-refractivity contribution is 0.597. The fraction of sp³-hybridized carbons (Fsp3) is 0.200. The summed E-state index contributed by atoms with van der Waals surface area (Å²) in [5.41, 5.74) is 0.715. The molecule has 0 saturated heterocycles. The number of hydrogen-bond acceptors (Lipinski definition) is 3. The predicted molar refractivity (Wildman–Crippen MR) is 40.4 cm³/mol. The smallest absolute Gasteiger partial charge is 0.225 e. The van der Waals surface area contributed by atoms with Crippen LogP contribution in [0.1, 0.15) is 5.56 Å². The number of rotatable bonds is 1. The lowest BCUT2D eigenvalue weighted by atomic mass is 10.4. The second kappa shape index (κ2) is 2.34. The maximum Gasteiger partial charge on any atom is 0.239 e. The third kappa shape index (κ3) is 1.36. The van der Waals surface area contributed by atoms with Crippen LogP contribution in [0.5, 0.6) is 0 Å². The van der Waals surface area contributed by atoms with E-state index in [4.69, 9.17) is 5.14 Å². The van der Waals surface area contributed by atoms with Crippen LogP contribution < -0.4 is 5.14 Å². The van der Waals surface area contributed by atoms with Crippen LogP contribution in [-0.4, -0.2) is 8.42 Å². The molecule has 0 fully saturated rings. The minimum absolute atomic E-state index is 0.234. The summed E-state index contributed by atoms with van der Waals surface area (Å²) < 4.78 is 21.4. The number of hydrogen-bond donors (Lipinski definition) is 1. The topological polar surface area (TPSA) is 60.2 Å². The normalized spacial score (nSPS) is 11.8. The molecule has 0 aliphatic carbocycles. The average Bonchev–Trinajstić information content (AvgIpc) is 2.11. The summed E-state index contributed by atoms with van der Waals surface area (Å²) >= 11 is 1.33. The minimum atomic E-state index is -3.48. The van der Waals surface area contributed by atoms with E-state index in [1.165, 1.54) is 16.7 Å². The third-order valence-electron chi connectivity index (χ3n) is 1.12. The molecule has 0 aliphatic rings. The summed E-state index contributed by atoms with van der Waals surface area (Å²) in [7, 11) is -3.48. The van der Waals surface area contributed by atoms with Crippen molar-refractivity contribution in [3.05, 3.63) is 16.3 Å². The molecule has 5 heteroatoms. The van der Waals surface area contributed by atoms with E-state index < -0.39 is 10.0 Å². The zero-order chi connectivity index (χ0) is 7.78. The third-order valence-corrected chi connectivity index (χ3v) is 3.18. The van der Waals surface area contributed by atoms with E-state index in [-0.39, 0.29) is 4.90 Å². The Morgan fingerprint density at radius 3 is 2.30 bits per heavy atom. The second-order valence-corrected chi connectivity index (χ2v) is 4.24. The van der Waals surface area contributed by atoms with Crippen LogP contribution in [0.4, 0.5) is 0 Å². The predicted octanol–water partition coefficient (Wildman–Crippen LogP) is 0.704. The Hall–Kier alpha value is -0.390. The van der Waals surface area contributed by atoms with Crippen molar-refractivity contribution in [1.82, 2.24) is 0 Å². The van der Waals surface area contributed by atoms with Gasteiger partial charge in [0.1, 0.15) is 0 Å². The molecule has 2 N–H and O–H groups in total. The highest BCUT2D eigenvalue weighted by molar-refractivity contribution is 7.89. The average molecular weight is 177 g/mol. The van der Waals surface area contributed by atoms with Crippen LogP contribution in [0.15, 0.2) is 15.7 Å². The summed E-state index contributed by atoms with van der Waals surface area (Å²) in [5.74, 6) is 0. The van der Waals surface area contributed by atoms with Gasteiger partial charge in [-0.2, -0.15) is 11.3 Å². The quantitative estimate of drug-likeness (QED) is 0.686. The van der Waals surface area contributed by atoms with Crippen LogP contribution in [0.2, 0.25) is 0 Å². The fourth-order valence-electron chi connectivity index (χ4n) is 0.640. The van der Waals surface area contributed by atoms with Crippen LogP contribution in [0, 0.1) is 6.92 Å². The van der Waals surface area contributed by atoms with Gasteiger partial charge in [0.25, 0.3) is 0 Å². The minimum Gasteiger partial charge on any atom is -0.225 e. The lowest BCUT2D eigenvalue weighted by Gasteiger charge is -1.92. The zero-order valence-corrected chi connectivity index (χ0v) is 7.00. The van der Waals surface area contributed by atoms with Crippen molar-refractivity contribution in [3.8, 4) is 0 Å². The first-order valence-corrected chi connectivity index (χ1v) is 5.06. The van der Waals surface area contributed by atoms with Crippen molar-refractivity contribution < 1.29 is 8.42 Å². The van der Waals surface area contributed by atoms with Crippen LogP contribution >= 0.6 is 11.3 Å². The van der Waals surface area contributed by atoms with E-state index in [1.807, 2.05) is 0 Å². The Labute approximate surface area is 63.5 Å². The zero-order valence-electron chi connectivity index (χ0n) is 5.37. The van der Waals surface area contributed by atoms with E-state index in [2.05, 4.69) is 0 Å². The SMILES string of the molecule is Cc1cscc1S(N)(=O)=O. The summed E-state index contributed by atoms with van der Waals surface area (Å²) in [6.45, 7) is 1.72. The number of primary sulfonamides is 1. The van der Waals surface area contributed by atoms with Gasteiger partial charge in [-0.25, -0.2) is 13.6 Å². The maximum atomic E-state index is 10.7. The van der Waals surface area contributed by atoms with Crippen molar-refractivity contribution >= 4 is 21.4 Å². The van der Waals surface area contributed by atoms with E-state index in [0.29, 0.717) is 5.56 Å². The van der Waals surface area contributed by atoms with Gasteiger partial charge in [0, 0.05) is 5.38 Å². The first-order chi connectivity index (χ1) is 4.52. The van der Waals surface area contributed by atoms with Crippen molar-refractivity contribution in [2.45, 2.75) is 11.8 Å². The van der Waals surface area contributed by atoms with Crippen molar-refractivity contribution in [3.63, 3.8) is 0 Å². The van der Waals surface area contributed by atoms with Gasteiger partial charge in [-0.15, -0.1) is 0 Å². The van der Waals surface area contributed by atoms with Crippen molar-refractivity contribution in [1.29, 1.82) is 0 Å². The molecule has 0 aromatic carbocycles. The van der Waals surface area contributed by atoms with Crippen molar-refractivity contribution in [2.24, 2.45) is 5.14 Å². The molecule has 0 spiro atoms. The van der Waals surface area contributed by atoms with Gasteiger partial charge >= 0.3 is 0 Å². The van der Waals surface area contributed by atoms with Gasteiger partial charge in [0.15, 0.2) is 0 Å². The highest BCUT2D eigenvalue weighted by atomic mass is 32.2. The highest BCUT2D eigenvalue weighted by Crippen LogP contribution is 2.17. The summed E-state index contributed by atoms with van der Waals surface area (Å²) in [4.78, 5) is 0.234. The van der Waals surface area contributed by atoms with E-state index in [9.17, 15) is 8.42 Å². The number of sulfonamides is 1. The van der Waals surface area contributed by atoms with Gasteiger partial charge < -0.3 is 0 Å². The number of thiophene rings is 1.